The van der Waals surface area contributed by atoms with Gasteiger partial charge in [0.2, 0.25) is 5.91 Å². The van der Waals surface area contributed by atoms with E-state index in [9.17, 15) is 4.79 Å². The second-order valence-electron chi connectivity index (χ2n) is 4.53. The second kappa shape index (κ2) is 7.29. The van der Waals surface area contributed by atoms with E-state index in [2.05, 4.69) is 11.2 Å². The van der Waals surface area contributed by atoms with E-state index in [1.807, 2.05) is 13.8 Å². The molecular weight excluding hydrogens is 202 g/mol. The first kappa shape index (κ1) is 15.0. The molecule has 3 nitrogen and oxygen atoms in total. The molecule has 2 N–H and O–H groups in total. The molecule has 0 aromatic rings. The molecule has 0 bridgehead atoms. The predicted molar refractivity (Wildman–Crippen MR) is 65.8 cm³/mol. The van der Waals surface area contributed by atoms with Gasteiger partial charge in [-0.15, -0.1) is 12.3 Å². The van der Waals surface area contributed by atoms with Gasteiger partial charge in [0, 0.05) is 18.4 Å². The number of unbranched alkanes of at least 4 members (excludes halogenated alkanes) is 1. The molecule has 2 unspecified atom stereocenters. The highest BCUT2D eigenvalue weighted by Gasteiger charge is 2.30. The number of nitrogens with one attached hydrogen (secondary N) is 1. The zero-order chi connectivity index (χ0) is 12.6. The van der Waals surface area contributed by atoms with Crippen LogP contribution in [0.3, 0.4) is 0 Å². The molecule has 0 saturated heterocycles. The first-order chi connectivity index (χ1) is 7.46. The fourth-order valence-corrected chi connectivity index (χ4v) is 1.49. The third-order valence-electron chi connectivity index (χ3n) is 2.94. The third-order valence-corrected chi connectivity index (χ3v) is 2.94. The Hall–Kier alpha value is -1.01. The van der Waals surface area contributed by atoms with Gasteiger partial charge in [0.05, 0.1) is 6.10 Å². The maximum absolute atomic E-state index is 11.9. The number of carbonyl (C=O) groups is 1. The smallest absolute Gasteiger partial charge is 0.226 e. The Labute approximate surface area is 98.6 Å². The summed E-state index contributed by atoms with van der Waals surface area (Å²) in [5.74, 6) is 2.59. The van der Waals surface area contributed by atoms with E-state index in [1.54, 1.807) is 6.92 Å². The fraction of sp³-hybridized carbons (Fsp3) is 0.769. The van der Waals surface area contributed by atoms with Crippen molar-refractivity contribution in [1.29, 1.82) is 0 Å². The summed E-state index contributed by atoms with van der Waals surface area (Å²) >= 11 is 0. The topological polar surface area (TPSA) is 49.3 Å². The largest absolute Gasteiger partial charge is 0.392 e. The number of hydrogen-bond donors (Lipinski definition) is 2. The lowest BCUT2D eigenvalue weighted by Gasteiger charge is -2.27. The Morgan fingerprint density at radius 3 is 2.69 bits per heavy atom. The molecule has 2 atom stereocenters. The quantitative estimate of drug-likeness (QED) is 0.512. The summed E-state index contributed by atoms with van der Waals surface area (Å²) in [6, 6.07) is 0. The lowest BCUT2D eigenvalue weighted by atomic mass is 9.81. The van der Waals surface area contributed by atoms with Crippen LogP contribution in [0.5, 0.6) is 0 Å². The molecule has 3 heteroatoms. The van der Waals surface area contributed by atoms with Crippen LogP contribution >= 0.6 is 0 Å². The van der Waals surface area contributed by atoms with Crippen molar-refractivity contribution in [3.8, 4) is 12.3 Å². The zero-order valence-electron chi connectivity index (χ0n) is 10.5. The second-order valence-corrected chi connectivity index (χ2v) is 4.53. The summed E-state index contributed by atoms with van der Waals surface area (Å²) in [4.78, 5) is 11.9. The SMILES string of the molecule is C#CCCCC(C)(CC)C(=O)NCC(C)O. The minimum absolute atomic E-state index is 0.00733. The van der Waals surface area contributed by atoms with Crippen LogP contribution in [-0.2, 0) is 4.79 Å². The average Bonchev–Trinajstić information content (AvgIpc) is 2.25. The molecule has 92 valence electrons. The van der Waals surface area contributed by atoms with Gasteiger partial charge < -0.3 is 10.4 Å². The molecular formula is C13H23NO2. The lowest BCUT2D eigenvalue weighted by Crippen LogP contribution is -2.41. The Bertz CT molecular complexity index is 255. The van der Waals surface area contributed by atoms with Gasteiger partial charge in [-0.25, -0.2) is 0 Å². The molecule has 0 aliphatic rings. The van der Waals surface area contributed by atoms with Crippen molar-refractivity contribution in [2.45, 2.75) is 52.6 Å². The van der Waals surface area contributed by atoms with E-state index in [4.69, 9.17) is 11.5 Å². The number of amides is 1. The lowest BCUT2D eigenvalue weighted by molar-refractivity contribution is -0.131. The van der Waals surface area contributed by atoms with Crippen molar-refractivity contribution >= 4 is 5.91 Å². The highest BCUT2D eigenvalue weighted by molar-refractivity contribution is 5.82. The minimum atomic E-state index is -0.504. The van der Waals surface area contributed by atoms with Gasteiger partial charge in [-0.05, 0) is 26.2 Å². The van der Waals surface area contributed by atoms with Crippen LogP contribution in [0.4, 0.5) is 0 Å². The summed E-state index contributed by atoms with van der Waals surface area (Å²) in [7, 11) is 0. The van der Waals surface area contributed by atoms with Gasteiger partial charge >= 0.3 is 0 Å². The van der Waals surface area contributed by atoms with Crippen molar-refractivity contribution in [1.82, 2.24) is 5.32 Å². The van der Waals surface area contributed by atoms with Crippen LogP contribution in [-0.4, -0.2) is 23.7 Å². The van der Waals surface area contributed by atoms with Crippen molar-refractivity contribution in [3.05, 3.63) is 0 Å². The standard InChI is InChI=1S/C13H23NO2/c1-5-7-8-9-13(4,6-2)12(16)14-10-11(3)15/h1,11,15H,6-10H2,2-4H3,(H,14,16). The molecule has 1 amide bonds. The first-order valence-corrected chi connectivity index (χ1v) is 5.86. The zero-order valence-corrected chi connectivity index (χ0v) is 10.5. The van der Waals surface area contributed by atoms with Crippen LogP contribution in [0.15, 0.2) is 0 Å². The number of hydrogen-bond acceptors (Lipinski definition) is 2. The molecule has 0 aliphatic carbocycles. The van der Waals surface area contributed by atoms with E-state index in [0.29, 0.717) is 13.0 Å². The summed E-state index contributed by atoms with van der Waals surface area (Å²) in [5.41, 5.74) is -0.369. The van der Waals surface area contributed by atoms with Crippen molar-refractivity contribution < 1.29 is 9.90 Å². The Morgan fingerprint density at radius 2 is 2.25 bits per heavy atom. The molecule has 0 aromatic heterocycles. The Morgan fingerprint density at radius 1 is 1.62 bits per heavy atom. The molecule has 0 aliphatic heterocycles. The summed E-state index contributed by atoms with van der Waals surface area (Å²) in [6.45, 7) is 5.91. The Kier molecular flexibility index (Phi) is 6.83. The molecule has 16 heavy (non-hydrogen) atoms. The molecule has 0 heterocycles. The molecule has 0 spiro atoms. The number of aliphatic hydroxyl groups excluding tert-OH is 1. The van der Waals surface area contributed by atoms with Crippen LogP contribution in [0.1, 0.15) is 46.5 Å². The van der Waals surface area contributed by atoms with Crippen molar-refractivity contribution in [2.24, 2.45) is 5.41 Å². The van der Waals surface area contributed by atoms with Gasteiger partial charge in [0.15, 0.2) is 0 Å². The van der Waals surface area contributed by atoms with Crippen molar-refractivity contribution in [2.75, 3.05) is 6.54 Å². The normalized spacial score (nSPS) is 15.9. The average molecular weight is 225 g/mol. The van der Waals surface area contributed by atoms with E-state index in [-0.39, 0.29) is 11.3 Å². The third kappa shape index (κ3) is 5.18. The van der Waals surface area contributed by atoms with E-state index < -0.39 is 6.10 Å². The van der Waals surface area contributed by atoms with Crippen LogP contribution in [0.25, 0.3) is 0 Å². The Balaban J connectivity index is 4.21. The summed E-state index contributed by atoms with van der Waals surface area (Å²) < 4.78 is 0. The molecule has 0 rings (SSSR count). The van der Waals surface area contributed by atoms with Gasteiger partial charge in [-0.2, -0.15) is 0 Å². The van der Waals surface area contributed by atoms with Crippen LogP contribution in [0, 0.1) is 17.8 Å². The molecule has 0 aromatic carbocycles. The highest BCUT2D eigenvalue weighted by Crippen LogP contribution is 2.28. The summed E-state index contributed by atoms with van der Waals surface area (Å²) in [6.07, 6.45) is 7.83. The number of terminal acetylenes is 1. The predicted octanol–water partition coefficient (Wildman–Crippen LogP) is 1.70. The van der Waals surface area contributed by atoms with Gasteiger partial charge in [-0.3, -0.25) is 4.79 Å². The van der Waals surface area contributed by atoms with Crippen LogP contribution in [0.2, 0.25) is 0 Å². The molecule has 0 fully saturated rings. The van der Waals surface area contributed by atoms with E-state index in [1.165, 1.54) is 0 Å². The number of aliphatic hydroxyl groups is 1. The van der Waals surface area contributed by atoms with Gasteiger partial charge in [-0.1, -0.05) is 13.8 Å². The van der Waals surface area contributed by atoms with Gasteiger partial charge in [0.25, 0.3) is 0 Å². The monoisotopic (exact) mass is 225 g/mol. The maximum atomic E-state index is 11.9. The summed E-state index contributed by atoms with van der Waals surface area (Å²) in [5, 5.41) is 11.9. The molecule has 0 saturated carbocycles. The highest BCUT2D eigenvalue weighted by atomic mass is 16.3. The number of rotatable bonds is 7. The fourth-order valence-electron chi connectivity index (χ4n) is 1.49. The van der Waals surface area contributed by atoms with E-state index in [0.717, 1.165) is 19.3 Å². The minimum Gasteiger partial charge on any atom is -0.392 e. The van der Waals surface area contributed by atoms with Crippen molar-refractivity contribution in [3.63, 3.8) is 0 Å². The maximum Gasteiger partial charge on any atom is 0.226 e. The first-order valence-electron chi connectivity index (χ1n) is 5.86. The van der Waals surface area contributed by atoms with Crippen LogP contribution < -0.4 is 5.32 Å². The number of carbonyl (C=O) groups excluding carboxylic acids is 1. The molecule has 0 radical (unpaired) electrons. The van der Waals surface area contributed by atoms with Gasteiger partial charge in [0.1, 0.15) is 0 Å². The van der Waals surface area contributed by atoms with E-state index >= 15 is 0 Å².